The van der Waals surface area contributed by atoms with E-state index in [2.05, 4.69) is 33.5 Å². The maximum absolute atomic E-state index is 5.35. The fourth-order valence-corrected chi connectivity index (χ4v) is 2.26. The van der Waals surface area contributed by atoms with E-state index in [4.69, 9.17) is 4.74 Å². The maximum atomic E-state index is 5.35. The number of aromatic nitrogens is 1. The van der Waals surface area contributed by atoms with E-state index < -0.39 is 0 Å². The van der Waals surface area contributed by atoms with Crippen LogP contribution in [0.25, 0.3) is 0 Å². The van der Waals surface area contributed by atoms with E-state index in [0.29, 0.717) is 0 Å². The number of hydrogen-bond acceptors (Lipinski definition) is 5. The van der Waals surface area contributed by atoms with Crippen molar-refractivity contribution < 1.29 is 4.74 Å². The highest BCUT2D eigenvalue weighted by atomic mass is 16.5. The highest BCUT2D eigenvalue weighted by molar-refractivity contribution is 5.53. The second-order valence-corrected chi connectivity index (χ2v) is 5.12. The Hall–Kier alpha value is -1.33. The molecule has 0 radical (unpaired) electrons. The van der Waals surface area contributed by atoms with Crippen LogP contribution in [0.5, 0.6) is 0 Å². The molecule has 1 aromatic heterocycles. The monoisotopic (exact) mass is 278 g/mol. The van der Waals surface area contributed by atoms with Gasteiger partial charge in [0, 0.05) is 26.2 Å². The lowest BCUT2D eigenvalue weighted by Crippen LogP contribution is -2.37. The zero-order valence-electron chi connectivity index (χ0n) is 12.4. The molecule has 2 N–H and O–H groups in total. The van der Waals surface area contributed by atoms with Crippen molar-refractivity contribution in [2.45, 2.75) is 19.8 Å². The van der Waals surface area contributed by atoms with E-state index in [9.17, 15) is 0 Å². The topological polar surface area (TPSA) is 49.4 Å². The van der Waals surface area contributed by atoms with Crippen molar-refractivity contribution in [2.24, 2.45) is 0 Å². The first-order chi connectivity index (χ1) is 9.88. The van der Waals surface area contributed by atoms with Crippen LogP contribution in [-0.4, -0.2) is 55.8 Å². The van der Waals surface area contributed by atoms with Crippen molar-refractivity contribution in [3.63, 3.8) is 0 Å². The van der Waals surface area contributed by atoms with Crippen LogP contribution in [0, 0.1) is 0 Å². The normalized spacial score (nSPS) is 16.1. The largest absolute Gasteiger partial charge is 0.384 e. The standard InChI is InChI=1S/C15H26N4O/c1-2-4-17-14-11-15(13-16-12-14)18-5-3-6-19-7-9-20-10-8-19/h11-13,17-18H,2-10H2,1H3. The summed E-state index contributed by atoms with van der Waals surface area (Å²) in [5.41, 5.74) is 2.18. The van der Waals surface area contributed by atoms with Gasteiger partial charge in [0.05, 0.1) is 37.0 Å². The third kappa shape index (κ3) is 5.35. The van der Waals surface area contributed by atoms with Crippen molar-refractivity contribution >= 4 is 11.4 Å². The van der Waals surface area contributed by atoms with E-state index in [-0.39, 0.29) is 0 Å². The molecule has 0 amide bonds. The summed E-state index contributed by atoms with van der Waals surface area (Å²) in [6, 6.07) is 2.12. The Kier molecular flexibility index (Phi) is 6.60. The smallest absolute Gasteiger partial charge is 0.0594 e. The molecule has 0 atom stereocenters. The number of hydrogen-bond donors (Lipinski definition) is 2. The van der Waals surface area contributed by atoms with Gasteiger partial charge < -0.3 is 15.4 Å². The molecule has 1 aliphatic heterocycles. The number of pyridine rings is 1. The van der Waals surface area contributed by atoms with Gasteiger partial charge in [-0.25, -0.2) is 0 Å². The summed E-state index contributed by atoms with van der Waals surface area (Å²) in [5.74, 6) is 0. The fraction of sp³-hybridized carbons (Fsp3) is 0.667. The van der Waals surface area contributed by atoms with Gasteiger partial charge in [0.15, 0.2) is 0 Å². The number of anilines is 2. The molecule has 0 aromatic carbocycles. The van der Waals surface area contributed by atoms with Crippen LogP contribution in [0.2, 0.25) is 0 Å². The van der Waals surface area contributed by atoms with Gasteiger partial charge in [0.2, 0.25) is 0 Å². The Balaban J connectivity index is 1.65. The maximum Gasteiger partial charge on any atom is 0.0594 e. The van der Waals surface area contributed by atoms with Crippen molar-refractivity contribution in [3.05, 3.63) is 18.5 Å². The molecule has 0 bridgehead atoms. The SMILES string of the molecule is CCCNc1cncc(NCCCN2CCOCC2)c1. The molecule has 0 aliphatic carbocycles. The number of nitrogens with one attached hydrogen (secondary N) is 2. The van der Waals surface area contributed by atoms with Gasteiger partial charge in [-0.15, -0.1) is 0 Å². The van der Waals surface area contributed by atoms with Gasteiger partial charge in [-0.05, 0) is 25.5 Å². The zero-order chi connectivity index (χ0) is 14.0. The summed E-state index contributed by atoms with van der Waals surface area (Å²) in [6.45, 7) is 9.16. The molecular formula is C15H26N4O. The van der Waals surface area contributed by atoms with Crippen LogP contribution >= 0.6 is 0 Å². The minimum atomic E-state index is 0.877. The lowest BCUT2D eigenvalue weighted by Gasteiger charge is -2.26. The van der Waals surface area contributed by atoms with Crippen LogP contribution in [0.15, 0.2) is 18.5 Å². The summed E-state index contributed by atoms with van der Waals surface area (Å²) in [7, 11) is 0. The number of rotatable bonds is 8. The number of ether oxygens (including phenoxy) is 1. The Labute approximate surface area is 121 Å². The average Bonchev–Trinajstić information content (AvgIpc) is 2.51. The summed E-state index contributed by atoms with van der Waals surface area (Å²) < 4.78 is 5.35. The van der Waals surface area contributed by atoms with E-state index in [0.717, 1.165) is 70.2 Å². The van der Waals surface area contributed by atoms with Crippen molar-refractivity contribution in [1.82, 2.24) is 9.88 Å². The van der Waals surface area contributed by atoms with Crippen LogP contribution in [0.1, 0.15) is 19.8 Å². The van der Waals surface area contributed by atoms with Gasteiger partial charge in [0.25, 0.3) is 0 Å². The number of nitrogens with zero attached hydrogens (tertiary/aromatic N) is 2. The van der Waals surface area contributed by atoms with E-state index in [1.54, 1.807) is 0 Å². The van der Waals surface area contributed by atoms with Gasteiger partial charge >= 0.3 is 0 Å². The molecule has 0 unspecified atom stereocenters. The Morgan fingerprint density at radius 1 is 1.15 bits per heavy atom. The number of morpholine rings is 1. The van der Waals surface area contributed by atoms with Gasteiger partial charge in [-0.1, -0.05) is 6.92 Å². The minimum Gasteiger partial charge on any atom is -0.384 e. The summed E-state index contributed by atoms with van der Waals surface area (Å²) in [6.07, 6.45) is 6.02. The first-order valence-corrected chi connectivity index (χ1v) is 7.61. The first-order valence-electron chi connectivity index (χ1n) is 7.61. The van der Waals surface area contributed by atoms with E-state index in [1.807, 2.05) is 12.4 Å². The Morgan fingerprint density at radius 3 is 2.55 bits per heavy atom. The fourth-order valence-electron chi connectivity index (χ4n) is 2.26. The van der Waals surface area contributed by atoms with Crippen LogP contribution in [0.4, 0.5) is 11.4 Å². The van der Waals surface area contributed by atoms with Crippen molar-refractivity contribution in [3.8, 4) is 0 Å². The molecule has 1 fully saturated rings. The Bertz CT molecular complexity index is 380. The highest BCUT2D eigenvalue weighted by Crippen LogP contribution is 2.12. The van der Waals surface area contributed by atoms with Gasteiger partial charge in [0.1, 0.15) is 0 Å². The molecule has 0 spiro atoms. The first kappa shape index (κ1) is 15.1. The average molecular weight is 278 g/mol. The summed E-state index contributed by atoms with van der Waals surface area (Å²) in [4.78, 5) is 6.72. The van der Waals surface area contributed by atoms with Crippen LogP contribution in [0.3, 0.4) is 0 Å². The predicted molar refractivity (Wildman–Crippen MR) is 83.4 cm³/mol. The van der Waals surface area contributed by atoms with Gasteiger partial charge in [-0.3, -0.25) is 9.88 Å². The molecular weight excluding hydrogens is 252 g/mol. The molecule has 20 heavy (non-hydrogen) atoms. The van der Waals surface area contributed by atoms with Crippen LogP contribution in [-0.2, 0) is 4.74 Å². The summed E-state index contributed by atoms with van der Waals surface area (Å²) >= 11 is 0. The molecule has 2 rings (SSSR count). The van der Waals surface area contributed by atoms with Gasteiger partial charge in [-0.2, -0.15) is 0 Å². The molecule has 1 saturated heterocycles. The van der Waals surface area contributed by atoms with E-state index >= 15 is 0 Å². The highest BCUT2D eigenvalue weighted by Gasteiger charge is 2.08. The van der Waals surface area contributed by atoms with Crippen LogP contribution < -0.4 is 10.6 Å². The minimum absolute atomic E-state index is 0.877. The molecule has 112 valence electrons. The third-order valence-electron chi connectivity index (χ3n) is 3.40. The zero-order valence-corrected chi connectivity index (χ0v) is 12.4. The molecule has 0 saturated carbocycles. The second kappa shape index (κ2) is 8.76. The van der Waals surface area contributed by atoms with Crippen molar-refractivity contribution in [1.29, 1.82) is 0 Å². The lowest BCUT2D eigenvalue weighted by atomic mass is 10.3. The van der Waals surface area contributed by atoms with E-state index in [1.165, 1.54) is 0 Å². The lowest BCUT2D eigenvalue weighted by molar-refractivity contribution is 0.0378. The predicted octanol–water partition coefficient (Wildman–Crippen LogP) is 2.04. The van der Waals surface area contributed by atoms with Crippen molar-refractivity contribution in [2.75, 3.05) is 56.6 Å². The molecule has 5 heteroatoms. The molecule has 2 heterocycles. The summed E-state index contributed by atoms with van der Waals surface area (Å²) in [5, 5.41) is 6.79. The Morgan fingerprint density at radius 2 is 1.85 bits per heavy atom. The molecule has 1 aromatic rings. The quantitative estimate of drug-likeness (QED) is 0.713. The third-order valence-corrected chi connectivity index (χ3v) is 3.40. The molecule has 5 nitrogen and oxygen atoms in total. The second-order valence-electron chi connectivity index (χ2n) is 5.12. The molecule has 1 aliphatic rings.